The number of sulfonamides is 1. The van der Waals surface area contributed by atoms with Crippen molar-refractivity contribution >= 4 is 15.9 Å². The molecule has 2 fully saturated rings. The van der Waals surface area contributed by atoms with E-state index in [9.17, 15) is 13.2 Å². The van der Waals surface area contributed by atoms with Crippen LogP contribution >= 0.6 is 0 Å². The van der Waals surface area contributed by atoms with Crippen molar-refractivity contribution in [3.8, 4) is 0 Å². The molecule has 1 amide bonds. The van der Waals surface area contributed by atoms with E-state index >= 15 is 0 Å². The summed E-state index contributed by atoms with van der Waals surface area (Å²) >= 11 is 0. The molecule has 1 aliphatic heterocycles. The number of carbonyl (C=O) groups excluding carboxylic acids is 1. The Morgan fingerprint density at radius 1 is 1.19 bits per heavy atom. The molecule has 1 aromatic carbocycles. The Hall–Kier alpha value is -1.40. The van der Waals surface area contributed by atoms with Gasteiger partial charge in [-0.25, -0.2) is 12.7 Å². The van der Waals surface area contributed by atoms with Crippen LogP contribution in [0.1, 0.15) is 57.9 Å². The van der Waals surface area contributed by atoms with Gasteiger partial charge in [0.1, 0.15) is 0 Å². The van der Waals surface area contributed by atoms with Gasteiger partial charge in [-0.05, 0) is 44.1 Å². The van der Waals surface area contributed by atoms with E-state index in [1.165, 1.54) is 6.42 Å². The smallest absolute Gasteiger partial charge is 0.230 e. The van der Waals surface area contributed by atoms with Crippen LogP contribution < -0.4 is 5.32 Å². The van der Waals surface area contributed by atoms with Crippen LogP contribution in [0.4, 0.5) is 0 Å². The maximum absolute atomic E-state index is 13.4. The lowest BCUT2D eigenvalue weighted by Gasteiger charge is -2.41. The highest BCUT2D eigenvalue weighted by Crippen LogP contribution is 2.37. The van der Waals surface area contributed by atoms with Crippen molar-refractivity contribution in [1.29, 1.82) is 0 Å². The molecule has 2 unspecified atom stereocenters. The van der Waals surface area contributed by atoms with E-state index in [4.69, 9.17) is 0 Å². The zero-order valence-corrected chi connectivity index (χ0v) is 17.3. The van der Waals surface area contributed by atoms with Crippen LogP contribution in [-0.2, 0) is 20.2 Å². The van der Waals surface area contributed by atoms with Crippen LogP contribution in [0.25, 0.3) is 0 Å². The second-order valence-electron chi connectivity index (χ2n) is 8.19. The average Bonchev–Trinajstić information content (AvgIpc) is 2.68. The third-order valence-electron chi connectivity index (χ3n) is 6.37. The van der Waals surface area contributed by atoms with E-state index in [0.717, 1.165) is 24.8 Å². The SMILES string of the molecule is CCS(=O)(=O)N1CCC(C(=O)NC2CCCC(C)C2)(c2ccccc2)CC1. The van der Waals surface area contributed by atoms with E-state index in [-0.39, 0.29) is 17.7 Å². The van der Waals surface area contributed by atoms with Crippen molar-refractivity contribution < 1.29 is 13.2 Å². The molecular weight excluding hydrogens is 360 g/mol. The van der Waals surface area contributed by atoms with E-state index in [0.29, 0.717) is 31.8 Å². The number of carbonyl (C=O) groups is 1. The fraction of sp³-hybridized carbons (Fsp3) is 0.667. The first-order chi connectivity index (χ1) is 12.9. The lowest BCUT2D eigenvalue weighted by atomic mass is 9.72. The number of nitrogens with one attached hydrogen (secondary N) is 1. The summed E-state index contributed by atoms with van der Waals surface area (Å²) in [5, 5.41) is 3.32. The fourth-order valence-electron chi connectivity index (χ4n) is 4.62. The molecule has 1 saturated heterocycles. The molecular formula is C21H32N2O3S. The molecule has 1 heterocycles. The molecule has 2 atom stereocenters. The van der Waals surface area contributed by atoms with Gasteiger partial charge in [-0.3, -0.25) is 4.79 Å². The van der Waals surface area contributed by atoms with Crippen molar-refractivity contribution in [2.45, 2.75) is 63.8 Å². The summed E-state index contributed by atoms with van der Waals surface area (Å²) in [6, 6.07) is 10.1. The molecule has 3 rings (SSSR count). The highest BCUT2D eigenvalue weighted by atomic mass is 32.2. The van der Waals surface area contributed by atoms with Gasteiger partial charge >= 0.3 is 0 Å². The Morgan fingerprint density at radius 2 is 1.85 bits per heavy atom. The molecule has 0 aromatic heterocycles. The largest absolute Gasteiger partial charge is 0.353 e. The lowest BCUT2D eigenvalue weighted by Crippen LogP contribution is -2.55. The Bertz CT molecular complexity index is 740. The van der Waals surface area contributed by atoms with Crippen LogP contribution in [0.3, 0.4) is 0 Å². The van der Waals surface area contributed by atoms with Crippen molar-refractivity contribution in [3.05, 3.63) is 35.9 Å². The first kappa shape index (κ1) is 20.3. The number of hydrogen-bond acceptors (Lipinski definition) is 3. The Morgan fingerprint density at radius 3 is 2.44 bits per heavy atom. The molecule has 1 aromatic rings. The monoisotopic (exact) mass is 392 g/mol. The van der Waals surface area contributed by atoms with E-state index < -0.39 is 15.4 Å². The van der Waals surface area contributed by atoms with Crippen LogP contribution in [0.5, 0.6) is 0 Å². The predicted octanol–water partition coefficient (Wildman–Crippen LogP) is 3.06. The molecule has 27 heavy (non-hydrogen) atoms. The fourth-order valence-corrected chi connectivity index (χ4v) is 5.73. The standard InChI is InChI=1S/C21H32N2O3S/c1-3-27(25,26)23-14-12-21(13-15-23,18-9-5-4-6-10-18)20(24)22-19-11-7-8-17(2)16-19/h4-6,9-10,17,19H,3,7-8,11-16H2,1-2H3,(H,22,24). The van der Waals surface area contributed by atoms with E-state index in [1.807, 2.05) is 30.3 Å². The first-order valence-corrected chi connectivity index (χ1v) is 11.8. The number of amides is 1. The highest BCUT2D eigenvalue weighted by molar-refractivity contribution is 7.89. The van der Waals surface area contributed by atoms with Gasteiger partial charge < -0.3 is 5.32 Å². The molecule has 0 radical (unpaired) electrons. The second kappa shape index (κ2) is 8.31. The number of rotatable bonds is 5. The molecule has 0 bridgehead atoms. The van der Waals surface area contributed by atoms with Gasteiger partial charge in [0, 0.05) is 19.1 Å². The van der Waals surface area contributed by atoms with Crippen LogP contribution in [0.15, 0.2) is 30.3 Å². The summed E-state index contributed by atoms with van der Waals surface area (Å²) in [5.74, 6) is 0.826. The summed E-state index contributed by atoms with van der Waals surface area (Å²) in [5.41, 5.74) is 0.363. The molecule has 1 saturated carbocycles. The minimum atomic E-state index is -3.21. The number of nitrogens with zero attached hydrogens (tertiary/aromatic N) is 1. The zero-order valence-electron chi connectivity index (χ0n) is 16.5. The molecule has 2 aliphatic rings. The lowest BCUT2D eigenvalue weighted by molar-refractivity contribution is -0.129. The summed E-state index contributed by atoms with van der Waals surface area (Å²) < 4.78 is 26.0. The quantitative estimate of drug-likeness (QED) is 0.837. The van der Waals surface area contributed by atoms with Crippen molar-refractivity contribution in [3.63, 3.8) is 0 Å². The molecule has 150 valence electrons. The van der Waals surface area contributed by atoms with Crippen LogP contribution in [-0.4, -0.2) is 43.5 Å². The maximum Gasteiger partial charge on any atom is 0.230 e. The summed E-state index contributed by atoms with van der Waals surface area (Å²) in [6.07, 6.45) is 5.53. The van der Waals surface area contributed by atoms with E-state index in [1.54, 1.807) is 11.2 Å². The Kier molecular flexibility index (Phi) is 6.26. The topological polar surface area (TPSA) is 66.5 Å². The van der Waals surface area contributed by atoms with Gasteiger partial charge in [0.25, 0.3) is 0 Å². The zero-order chi connectivity index (χ0) is 19.5. The van der Waals surface area contributed by atoms with Gasteiger partial charge in [0.15, 0.2) is 0 Å². The third kappa shape index (κ3) is 4.37. The number of piperidine rings is 1. The van der Waals surface area contributed by atoms with Gasteiger partial charge in [0.2, 0.25) is 15.9 Å². The predicted molar refractivity (Wildman–Crippen MR) is 108 cm³/mol. The average molecular weight is 393 g/mol. The second-order valence-corrected chi connectivity index (χ2v) is 10.4. The first-order valence-electron chi connectivity index (χ1n) is 10.2. The van der Waals surface area contributed by atoms with Gasteiger partial charge in [-0.2, -0.15) is 0 Å². The molecule has 0 spiro atoms. The third-order valence-corrected chi connectivity index (χ3v) is 8.25. The summed E-state index contributed by atoms with van der Waals surface area (Å²) in [6.45, 7) is 4.73. The maximum atomic E-state index is 13.4. The summed E-state index contributed by atoms with van der Waals surface area (Å²) in [4.78, 5) is 13.4. The van der Waals surface area contributed by atoms with Crippen molar-refractivity contribution in [2.24, 2.45) is 5.92 Å². The van der Waals surface area contributed by atoms with Crippen LogP contribution in [0.2, 0.25) is 0 Å². The van der Waals surface area contributed by atoms with Crippen LogP contribution in [0, 0.1) is 5.92 Å². The molecule has 5 nitrogen and oxygen atoms in total. The van der Waals surface area contributed by atoms with Gasteiger partial charge in [-0.15, -0.1) is 0 Å². The normalized spacial score (nSPS) is 26.4. The molecule has 1 aliphatic carbocycles. The van der Waals surface area contributed by atoms with Crippen molar-refractivity contribution in [1.82, 2.24) is 9.62 Å². The van der Waals surface area contributed by atoms with Crippen molar-refractivity contribution in [2.75, 3.05) is 18.8 Å². The van der Waals surface area contributed by atoms with E-state index in [2.05, 4.69) is 12.2 Å². The number of benzene rings is 1. The number of hydrogen-bond donors (Lipinski definition) is 1. The van der Waals surface area contributed by atoms with Gasteiger partial charge in [0.05, 0.1) is 11.2 Å². The van der Waals surface area contributed by atoms with Gasteiger partial charge in [-0.1, -0.05) is 50.1 Å². The summed E-state index contributed by atoms with van der Waals surface area (Å²) in [7, 11) is -3.21. The Labute approximate surface area is 163 Å². The molecule has 6 heteroatoms. The Balaban J connectivity index is 1.81. The molecule has 1 N–H and O–H groups in total. The highest BCUT2D eigenvalue weighted by Gasteiger charge is 2.45. The minimum absolute atomic E-state index is 0.0707. The minimum Gasteiger partial charge on any atom is -0.353 e.